The van der Waals surface area contributed by atoms with Crippen LogP contribution in [0.3, 0.4) is 0 Å². The molecule has 0 spiro atoms. The number of nitrogens with zero attached hydrogens (tertiary/aromatic N) is 3. The zero-order chi connectivity index (χ0) is 13.4. The Morgan fingerprint density at radius 1 is 1.11 bits per heavy atom. The van der Waals surface area contributed by atoms with E-state index in [1.807, 2.05) is 0 Å². The summed E-state index contributed by atoms with van der Waals surface area (Å²) < 4.78 is 14.3. The molecule has 2 atom stereocenters. The lowest BCUT2D eigenvalue weighted by molar-refractivity contribution is 0.426. The summed E-state index contributed by atoms with van der Waals surface area (Å²) in [6.45, 7) is 5.93. The molecular formula is C14H17FN4. The minimum absolute atomic E-state index is 0.228. The Labute approximate surface area is 111 Å². The van der Waals surface area contributed by atoms with Crippen LogP contribution in [-0.2, 0) is 0 Å². The number of rotatable bonds is 1. The van der Waals surface area contributed by atoms with E-state index in [1.165, 1.54) is 6.07 Å². The number of hydrogen-bond donors (Lipinski definition) is 1. The molecular weight excluding hydrogens is 243 g/mol. The summed E-state index contributed by atoms with van der Waals surface area (Å²) in [6.07, 6.45) is 3.21. The predicted molar refractivity (Wildman–Crippen MR) is 73.8 cm³/mol. The smallest absolute Gasteiger partial charge is 0.148 e. The molecule has 4 nitrogen and oxygen atoms in total. The van der Waals surface area contributed by atoms with Crippen LogP contribution in [0.2, 0.25) is 0 Å². The molecule has 0 radical (unpaired) electrons. The number of halogens is 1. The lowest BCUT2D eigenvalue weighted by atomic mass is 10.1. The van der Waals surface area contributed by atoms with Gasteiger partial charge in [0.1, 0.15) is 5.82 Å². The van der Waals surface area contributed by atoms with Gasteiger partial charge >= 0.3 is 0 Å². The van der Waals surface area contributed by atoms with Crippen molar-refractivity contribution < 1.29 is 4.39 Å². The van der Waals surface area contributed by atoms with Crippen molar-refractivity contribution in [3.05, 3.63) is 30.3 Å². The molecule has 1 fully saturated rings. The van der Waals surface area contributed by atoms with Gasteiger partial charge in [0, 0.05) is 43.6 Å². The fraction of sp³-hybridized carbons (Fsp3) is 0.429. The first kappa shape index (κ1) is 12.3. The lowest BCUT2D eigenvalue weighted by Crippen LogP contribution is -2.55. The Hall–Kier alpha value is -1.75. The highest BCUT2D eigenvalue weighted by Crippen LogP contribution is 2.28. The molecule has 2 heterocycles. The molecule has 1 aromatic heterocycles. The highest BCUT2D eigenvalue weighted by Gasteiger charge is 2.27. The summed E-state index contributed by atoms with van der Waals surface area (Å²) in [5.41, 5.74) is 1.95. The van der Waals surface area contributed by atoms with Crippen LogP contribution < -0.4 is 10.2 Å². The quantitative estimate of drug-likeness (QED) is 0.851. The second kappa shape index (κ2) is 4.74. The maximum atomic E-state index is 14.3. The van der Waals surface area contributed by atoms with Crippen LogP contribution in [-0.4, -0.2) is 35.1 Å². The topological polar surface area (TPSA) is 41.0 Å². The Kier molecular flexibility index (Phi) is 3.06. The molecule has 0 aliphatic carbocycles. The number of nitrogens with one attached hydrogen (secondary N) is 1. The van der Waals surface area contributed by atoms with Crippen LogP contribution in [0, 0.1) is 5.82 Å². The Morgan fingerprint density at radius 2 is 1.68 bits per heavy atom. The van der Waals surface area contributed by atoms with Crippen molar-refractivity contribution in [2.24, 2.45) is 0 Å². The van der Waals surface area contributed by atoms with Crippen molar-refractivity contribution in [2.45, 2.75) is 25.9 Å². The zero-order valence-electron chi connectivity index (χ0n) is 11.1. The van der Waals surface area contributed by atoms with E-state index in [2.05, 4.69) is 34.0 Å². The number of piperazine rings is 1. The lowest BCUT2D eigenvalue weighted by Gasteiger charge is -2.41. The van der Waals surface area contributed by atoms with Crippen molar-refractivity contribution in [1.82, 2.24) is 15.3 Å². The van der Waals surface area contributed by atoms with Crippen LogP contribution in [0.25, 0.3) is 11.0 Å². The van der Waals surface area contributed by atoms with E-state index in [0.717, 1.165) is 18.6 Å². The highest BCUT2D eigenvalue weighted by atomic mass is 19.1. The standard InChI is InChI=1S/C14H17FN4/c1-9-7-16-8-10(2)19(9)14-6-13-12(5-11(14)15)17-3-4-18-13/h3-6,9-10,16H,7-8H2,1-2H3. The third-order valence-corrected chi connectivity index (χ3v) is 3.65. The Balaban J connectivity index is 2.10. The molecule has 3 rings (SSSR count). The summed E-state index contributed by atoms with van der Waals surface area (Å²) in [5.74, 6) is -0.228. The van der Waals surface area contributed by atoms with Gasteiger partial charge in [0.2, 0.25) is 0 Å². The number of fused-ring (bicyclic) bond motifs is 1. The number of anilines is 1. The van der Waals surface area contributed by atoms with Gasteiger partial charge in [-0.05, 0) is 19.9 Å². The van der Waals surface area contributed by atoms with Gasteiger partial charge in [-0.15, -0.1) is 0 Å². The molecule has 1 aromatic carbocycles. The number of aromatic nitrogens is 2. The molecule has 1 N–H and O–H groups in total. The highest BCUT2D eigenvalue weighted by molar-refractivity contribution is 5.79. The molecule has 0 saturated carbocycles. The molecule has 1 aliphatic heterocycles. The van der Waals surface area contributed by atoms with Gasteiger partial charge in [0.15, 0.2) is 0 Å². The van der Waals surface area contributed by atoms with Crippen LogP contribution in [0.1, 0.15) is 13.8 Å². The van der Waals surface area contributed by atoms with Gasteiger partial charge in [-0.2, -0.15) is 0 Å². The zero-order valence-corrected chi connectivity index (χ0v) is 11.1. The molecule has 0 bridgehead atoms. The fourth-order valence-corrected chi connectivity index (χ4v) is 2.78. The minimum atomic E-state index is -0.228. The maximum Gasteiger partial charge on any atom is 0.148 e. The van der Waals surface area contributed by atoms with Gasteiger partial charge < -0.3 is 10.2 Å². The van der Waals surface area contributed by atoms with E-state index in [0.29, 0.717) is 11.2 Å². The van der Waals surface area contributed by atoms with Crippen LogP contribution >= 0.6 is 0 Å². The molecule has 5 heteroatoms. The van der Waals surface area contributed by atoms with Gasteiger partial charge in [-0.25, -0.2) is 4.39 Å². The van der Waals surface area contributed by atoms with Crippen molar-refractivity contribution in [1.29, 1.82) is 0 Å². The normalized spacial score (nSPS) is 23.8. The minimum Gasteiger partial charge on any atom is -0.361 e. The van der Waals surface area contributed by atoms with Crippen LogP contribution in [0.5, 0.6) is 0 Å². The van der Waals surface area contributed by atoms with Crippen molar-refractivity contribution in [2.75, 3.05) is 18.0 Å². The first-order valence-corrected chi connectivity index (χ1v) is 6.56. The van der Waals surface area contributed by atoms with E-state index in [9.17, 15) is 4.39 Å². The second-order valence-corrected chi connectivity index (χ2v) is 5.11. The summed E-state index contributed by atoms with van der Waals surface area (Å²) in [4.78, 5) is 10.5. The van der Waals surface area contributed by atoms with E-state index >= 15 is 0 Å². The summed E-state index contributed by atoms with van der Waals surface area (Å²) in [7, 11) is 0. The SMILES string of the molecule is CC1CNCC(C)N1c1cc2nccnc2cc1F. The average molecular weight is 260 g/mol. The van der Waals surface area contributed by atoms with Gasteiger partial charge in [-0.3, -0.25) is 9.97 Å². The van der Waals surface area contributed by atoms with E-state index in [-0.39, 0.29) is 17.9 Å². The fourth-order valence-electron chi connectivity index (χ4n) is 2.78. The van der Waals surface area contributed by atoms with Crippen LogP contribution in [0.15, 0.2) is 24.5 Å². The molecule has 0 amide bonds. The van der Waals surface area contributed by atoms with Crippen molar-refractivity contribution >= 4 is 16.7 Å². The van der Waals surface area contributed by atoms with E-state index in [1.54, 1.807) is 18.5 Å². The van der Waals surface area contributed by atoms with Gasteiger partial charge in [0.05, 0.1) is 16.7 Å². The van der Waals surface area contributed by atoms with E-state index in [4.69, 9.17) is 0 Å². The Bertz CT molecular complexity index is 591. The van der Waals surface area contributed by atoms with E-state index < -0.39 is 0 Å². The van der Waals surface area contributed by atoms with Crippen molar-refractivity contribution in [3.63, 3.8) is 0 Å². The first-order chi connectivity index (χ1) is 9.16. The number of hydrogen-bond acceptors (Lipinski definition) is 4. The molecule has 2 unspecified atom stereocenters. The predicted octanol–water partition coefficient (Wildman–Crippen LogP) is 1.96. The third kappa shape index (κ3) is 2.14. The number of benzene rings is 1. The molecule has 1 aliphatic rings. The van der Waals surface area contributed by atoms with Crippen LogP contribution in [0.4, 0.5) is 10.1 Å². The molecule has 1 saturated heterocycles. The molecule has 100 valence electrons. The van der Waals surface area contributed by atoms with Crippen molar-refractivity contribution in [3.8, 4) is 0 Å². The maximum absolute atomic E-state index is 14.3. The summed E-state index contributed by atoms with van der Waals surface area (Å²) >= 11 is 0. The third-order valence-electron chi connectivity index (χ3n) is 3.65. The largest absolute Gasteiger partial charge is 0.361 e. The monoisotopic (exact) mass is 260 g/mol. The molecule has 2 aromatic rings. The van der Waals surface area contributed by atoms with Gasteiger partial charge in [0.25, 0.3) is 0 Å². The average Bonchev–Trinajstić information content (AvgIpc) is 2.39. The Morgan fingerprint density at radius 3 is 2.32 bits per heavy atom. The van der Waals surface area contributed by atoms with Gasteiger partial charge in [-0.1, -0.05) is 0 Å². The second-order valence-electron chi connectivity index (χ2n) is 5.11. The first-order valence-electron chi connectivity index (χ1n) is 6.56. The summed E-state index contributed by atoms with van der Waals surface area (Å²) in [6, 6.07) is 3.79. The molecule has 19 heavy (non-hydrogen) atoms. The summed E-state index contributed by atoms with van der Waals surface area (Å²) in [5, 5.41) is 3.35.